The molecule has 3 rings (SSSR count). The number of aliphatic imine (C=N–C) groups is 1. The smallest absolute Gasteiger partial charge is 0.191 e. The number of fused-ring (bicyclic) bond motifs is 1. The molecule has 1 aliphatic rings. The molecule has 0 saturated heterocycles. The van der Waals surface area contributed by atoms with Gasteiger partial charge >= 0.3 is 0 Å². The van der Waals surface area contributed by atoms with Crippen molar-refractivity contribution in [2.75, 3.05) is 25.5 Å². The average Bonchev–Trinajstić information content (AvgIpc) is 3.11. The molecule has 6 heteroatoms. The Bertz CT molecular complexity index is 765. The van der Waals surface area contributed by atoms with Crippen molar-refractivity contribution in [1.82, 2.24) is 15.8 Å². The van der Waals surface area contributed by atoms with Gasteiger partial charge < -0.3 is 20.1 Å². The van der Waals surface area contributed by atoms with Gasteiger partial charge in [-0.15, -0.1) is 0 Å². The Balaban J connectivity index is 1.54. The van der Waals surface area contributed by atoms with Crippen LogP contribution in [0.5, 0.6) is 0 Å². The highest BCUT2D eigenvalue weighted by Crippen LogP contribution is 2.26. The lowest BCUT2D eigenvalue weighted by molar-refractivity contribution is 0.372. The minimum atomic E-state index is 0.369. The molecule has 0 amide bonds. The second-order valence-electron chi connectivity index (χ2n) is 7.14. The minimum absolute atomic E-state index is 0.369. The van der Waals surface area contributed by atoms with E-state index in [9.17, 15) is 0 Å². The highest BCUT2D eigenvalue weighted by molar-refractivity contribution is 5.79. The van der Waals surface area contributed by atoms with E-state index in [1.54, 1.807) is 7.05 Å². The number of aromatic nitrogens is 1. The second kappa shape index (κ2) is 8.25. The summed E-state index contributed by atoms with van der Waals surface area (Å²) in [4.78, 5) is 6.62. The van der Waals surface area contributed by atoms with Gasteiger partial charge in [-0.1, -0.05) is 31.1 Å². The number of benzene rings is 1. The van der Waals surface area contributed by atoms with E-state index in [0.717, 1.165) is 36.9 Å². The van der Waals surface area contributed by atoms with Crippen LogP contribution in [0.15, 0.2) is 33.8 Å². The van der Waals surface area contributed by atoms with E-state index in [1.807, 2.05) is 6.07 Å². The first kappa shape index (κ1) is 18.3. The van der Waals surface area contributed by atoms with E-state index in [-0.39, 0.29) is 0 Å². The van der Waals surface area contributed by atoms with Crippen molar-refractivity contribution < 1.29 is 4.52 Å². The quantitative estimate of drug-likeness (QED) is 0.637. The molecule has 26 heavy (non-hydrogen) atoms. The van der Waals surface area contributed by atoms with Crippen molar-refractivity contribution in [2.24, 2.45) is 4.99 Å². The van der Waals surface area contributed by atoms with Crippen LogP contribution in [0.4, 0.5) is 5.69 Å². The average molecular weight is 355 g/mol. The maximum Gasteiger partial charge on any atom is 0.191 e. The molecule has 0 atom stereocenters. The van der Waals surface area contributed by atoms with Crippen molar-refractivity contribution in [1.29, 1.82) is 0 Å². The molecule has 0 spiro atoms. The maximum absolute atomic E-state index is 5.36. The molecule has 2 aromatic rings. The first-order valence-electron chi connectivity index (χ1n) is 9.29. The van der Waals surface area contributed by atoms with E-state index in [2.05, 4.69) is 64.8 Å². The summed E-state index contributed by atoms with van der Waals surface area (Å²) in [6.45, 7) is 6.65. The second-order valence-corrected chi connectivity index (χ2v) is 7.14. The van der Waals surface area contributed by atoms with Gasteiger partial charge in [0.25, 0.3) is 0 Å². The van der Waals surface area contributed by atoms with Gasteiger partial charge in [-0.3, -0.25) is 4.99 Å². The van der Waals surface area contributed by atoms with E-state index in [4.69, 9.17) is 4.52 Å². The summed E-state index contributed by atoms with van der Waals surface area (Å²) in [7, 11) is 3.94. The van der Waals surface area contributed by atoms with Crippen molar-refractivity contribution in [3.05, 3.63) is 46.8 Å². The molecular weight excluding hydrogens is 326 g/mol. The van der Waals surface area contributed by atoms with Crippen molar-refractivity contribution in [3.8, 4) is 0 Å². The Labute approximate surface area is 155 Å². The van der Waals surface area contributed by atoms with Gasteiger partial charge in [-0.05, 0) is 36.0 Å². The Morgan fingerprint density at radius 3 is 2.81 bits per heavy atom. The van der Waals surface area contributed by atoms with Gasteiger partial charge in [-0.25, -0.2) is 0 Å². The standard InChI is InChI=1S/C20H29N5O/c1-14(2)18-11-17(26-24-18)13-23-20(21-3)22-12-15-7-8-19-16(10-15)6-5-9-25(19)4/h7-8,10-11,14H,5-6,9,12-13H2,1-4H3,(H2,21,22,23). The predicted octanol–water partition coefficient (Wildman–Crippen LogP) is 3.05. The molecule has 1 aromatic carbocycles. The van der Waals surface area contributed by atoms with E-state index < -0.39 is 0 Å². The minimum Gasteiger partial charge on any atom is -0.374 e. The number of aryl methyl sites for hydroxylation is 1. The molecule has 2 N–H and O–H groups in total. The molecule has 2 heterocycles. The first-order chi connectivity index (χ1) is 12.6. The van der Waals surface area contributed by atoms with Crippen LogP contribution in [0, 0.1) is 0 Å². The highest BCUT2D eigenvalue weighted by atomic mass is 16.5. The van der Waals surface area contributed by atoms with E-state index in [0.29, 0.717) is 12.5 Å². The SMILES string of the molecule is CN=C(NCc1ccc2c(c1)CCCN2C)NCc1cc(C(C)C)no1. The number of hydrogen-bond donors (Lipinski definition) is 2. The molecule has 0 fully saturated rings. The topological polar surface area (TPSA) is 65.7 Å². The monoisotopic (exact) mass is 355 g/mol. The Morgan fingerprint density at radius 1 is 1.27 bits per heavy atom. The molecule has 1 aromatic heterocycles. The summed E-state index contributed by atoms with van der Waals surface area (Å²) in [5.41, 5.74) is 5.03. The number of guanidine groups is 1. The summed E-state index contributed by atoms with van der Waals surface area (Å²) >= 11 is 0. The van der Waals surface area contributed by atoms with Gasteiger partial charge in [0.2, 0.25) is 0 Å². The van der Waals surface area contributed by atoms with Gasteiger partial charge in [-0.2, -0.15) is 0 Å². The summed E-state index contributed by atoms with van der Waals surface area (Å²) < 4.78 is 5.36. The summed E-state index contributed by atoms with van der Waals surface area (Å²) in [6, 6.07) is 8.71. The zero-order valence-corrected chi connectivity index (χ0v) is 16.2. The van der Waals surface area contributed by atoms with Crippen LogP contribution in [-0.2, 0) is 19.5 Å². The lowest BCUT2D eigenvalue weighted by Gasteiger charge is -2.28. The first-order valence-corrected chi connectivity index (χ1v) is 9.29. The molecule has 0 radical (unpaired) electrons. The molecule has 1 aliphatic heterocycles. The van der Waals surface area contributed by atoms with Crippen LogP contribution in [-0.4, -0.2) is 31.8 Å². The Hall–Kier alpha value is -2.50. The van der Waals surface area contributed by atoms with Crippen molar-refractivity contribution >= 4 is 11.6 Å². The molecule has 0 aliphatic carbocycles. The number of nitrogens with one attached hydrogen (secondary N) is 2. The third-order valence-electron chi connectivity index (χ3n) is 4.78. The Morgan fingerprint density at radius 2 is 2.08 bits per heavy atom. The maximum atomic E-state index is 5.36. The van der Waals surface area contributed by atoms with Gasteiger partial charge in [0, 0.05) is 38.9 Å². The number of hydrogen-bond acceptors (Lipinski definition) is 4. The molecule has 0 bridgehead atoms. The van der Waals surface area contributed by atoms with Crippen LogP contribution in [0.25, 0.3) is 0 Å². The third kappa shape index (κ3) is 4.36. The summed E-state index contributed by atoms with van der Waals surface area (Å²) in [5, 5.41) is 10.7. The number of rotatable bonds is 5. The molecule has 140 valence electrons. The van der Waals surface area contributed by atoms with Crippen LogP contribution in [0.1, 0.15) is 48.8 Å². The normalized spacial score (nSPS) is 14.5. The van der Waals surface area contributed by atoms with Crippen LogP contribution >= 0.6 is 0 Å². The van der Waals surface area contributed by atoms with Crippen LogP contribution < -0.4 is 15.5 Å². The van der Waals surface area contributed by atoms with Crippen LogP contribution in [0.3, 0.4) is 0 Å². The highest BCUT2D eigenvalue weighted by Gasteiger charge is 2.14. The lowest BCUT2D eigenvalue weighted by Crippen LogP contribution is -2.36. The molecule has 0 unspecified atom stereocenters. The van der Waals surface area contributed by atoms with E-state index in [1.165, 1.54) is 23.2 Å². The molecule has 6 nitrogen and oxygen atoms in total. The number of anilines is 1. The summed E-state index contributed by atoms with van der Waals surface area (Å²) in [6.07, 6.45) is 2.38. The largest absolute Gasteiger partial charge is 0.374 e. The van der Waals surface area contributed by atoms with Crippen molar-refractivity contribution in [2.45, 2.75) is 45.7 Å². The van der Waals surface area contributed by atoms with E-state index >= 15 is 0 Å². The fraction of sp³-hybridized carbons (Fsp3) is 0.500. The van der Waals surface area contributed by atoms with Gasteiger partial charge in [0.15, 0.2) is 11.7 Å². The van der Waals surface area contributed by atoms with Gasteiger partial charge in [0.1, 0.15) is 0 Å². The zero-order valence-electron chi connectivity index (χ0n) is 16.2. The van der Waals surface area contributed by atoms with Gasteiger partial charge in [0.05, 0.1) is 12.2 Å². The lowest BCUT2D eigenvalue weighted by atomic mass is 9.99. The fourth-order valence-corrected chi connectivity index (χ4v) is 3.21. The third-order valence-corrected chi connectivity index (χ3v) is 4.78. The molecule has 0 saturated carbocycles. The Kier molecular flexibility index (Phi) is 5.81. The zero-order chi connectivity index (χ0) is 18.5. The molecular formula is C20H29N5O. The summed E-state index contributed by atoms with van der Waals surface area (Å²) in [5.74, 6) is 1.93. The predicted molar refractivity (Wildman–Crippen MR) is 106 cm³/mol. The number of nitrogens with zero attached hydrogens (tertiary/aromatic N) is 3. The fourth-order valence-electron chi connectivity index (χ4n) is 3.21. The van der Waals surface area contributed by atoms with Crippen molar-refractivity contribution in [3.63, 3.8) is 0 Å². The van der Waals surface area contributed by atoms with Crippen LogP contribution in [0.2, 0.25) is 0 Å².